The van der Waals surface area contributed by atoms with E-state index in [1.54, 1.807) is 26.0 Å². The number of benzene rings is 1. The van der Waals surface area contributed by atoms with Crippen LogP contribution in [0.3, 0.4) is 0 Å². The molecule has 0 saturated heterocycles. The standard InChI is InChI=1S/C13H18O4/c1-4-16-12(15)13(3,17-5-2)10-6-8-11(14)9-7-10/h6-9,14H,4-5H2,1-3H3/t13-/m0/s1. The zero-order valence-corrected chi connectivity index (χ0v) is 10.4. The Labute approximate surface area is 101 Å². The predicted octanol–water partition coefficient (Wildman–Crippen LogP) is 2.21. The number of hydrogen-bond acceptors (Lipinski definition) is 4. The average molecular weight is 238 g/mol. The fourth-order valence-electron chi connectivity index (χ4n) is 1.60. The topological polar surface area (TPSA) is 55.8 Å². The highest BCUT2D eigenvalue weighted by atomic mass is 16.6. The molecule has 1 rings (SSSR count). The molecule has 0 unspecified atom stereocenters. The van der Waals surface area contributed by atoms with E-state index in [1.165, 1.54) is 12.1 Å². The van der Waals surface area contributed by atoms with Gasteiger partial charge in [0.05, 0.1) is 6.61 Å². The van der Waals surface area contributed by atoms with E-state index in [1.807, 2.05) is 6.92 Å². The lowest BCUT2D eigenvalue weighted by atomic mass is 9.95. The van der Waals surface area contributed by atoms with Crippen LogP contribution in [0.4, 0.5) is 0 Å². The summed E-state index contributed by atoms with van der Waals surface area (Å²) in [7, 11) is 0. The van der Waals surface area contributed by atoms with Crippen molar-refractivity contribution in [2.24, 2.45) is 0 Å². The number of ether oxygens (including phenoxy) is 2. The van der Waals surface area contributed by atoms with E-state index >= 15 is 0 Å². The Balaban J connectivity index is 3.06. The van der Waals surface area contributed by atoms with Gasteiger partial charge < -0.3 is 14.6 Å². The second-order valence-corrected chi connectivity index (χ2v) is 3.73. The minimum atomic E-state index is -1.13. The second-order valence-electron chi connectivity index (χ2n) is 3.73. The molecule has 0 amide bonds. The van der Waals surface area contributed by atoms with E-state index < -0.39 is 11.6 Å². The van der Waals surface area contributed by atoms with Crippen LogP contribution in [0.2, 0.25) is 0 Å². The molecule has 0 radical (unpaired) electrons. The summed E-state index contributed by atoms with van der Waals surface area (Å²) < 4.78 is 10.5. The first-order chi connectivity index (χ1) is 8.04. The highest BCUT2D eigenvalue weighted by molar-refractivity contribution is 5.81. The number of aromatic hydroxyl groups is 1. The molecule has 17 heavy (non-hydrogen) atoms. The Morgan fingerprint density at radius 2 is 1.82 bits per heavy atom. The summed E-state index contributed by atoms with van der Waals surface area (Å²) in [6.07, 6.45) is 0. The Bertz CT molecular complexity index is 372. The fourth-order valence-corrected chi connectivity index (χ4v) is 1.60. The average Bonchev–Trinajstić information content (AvgIpc) is 2.30. The van der Waals surface area contributed by atoms with Crippen LogP contribution >= 0.6 is 0 Å². The molecule has 0 heterocycles. The number of phenols is 1. The first-order valence-electron chi connectivity index (χ1n) is 5.65. The summed E-state index contributed by atoms with van der Waals surface area (Å²) >= 11 is 0. The lowest BCUT2D eigenvalue weighted by molar-refractivity contribution is -0.171. The molecule has 0 fully saturated rings. The summed E-state index contributed by atoms with van der Waals surface area (Å²) in [6.45, 7) is 5.94. The van der Waals surface area contributed by atoms with Gasteiger partial charge in [0, 0.05) is 6.61 Å². The molecule has 0 spiro atoms. The molecule has 1 aromatic rings. The highest BCUT2D eigenvalue weighted by Crippen LogP contribution is 2.28. The Kier molecular flexibility index (Phi) is 4.52. The molecule has 0 saturated carbocycles. The van der Waals surface area contributed by atoms with Gasteiger partial charge in [0.15, 0.2) is 5.60 Å². The lowest BCUT2D eigenvalue weighted by Gasteiger charge is -2.27. The van der Waals surface area contributed by atoms with Crippen LogP contribution in [0, 0.1) is 0 Å². The van der Waals surface area contributed by atoms with Crippen molar-refractivity contribution >= 4 is 5.97 Å². The van der Waals surface area contributed by atoms with E-state index in [4.69, 9.17) is 9.47 Å². The summed E-state index contributed by atoms with van der Waals surface area (Å²) in [5.41, 5.74) is -0.464. The van der Waals surface area contributed by atoms with E-state index in [2.05, 4.69) is 0 Å². The van der Waals surface area contributed by atoms with Gasteiger partial charge in [-0.25, -0.2) is 4.79 Å². The molecule has 0 aliphatic carbocycles. The fraction of sp³-hybridized carbons (Fsp3) is 0.462. The third kappa shape index (κ3) is 2.97. The first-order valence-corrected chi connectivity index (χ1v) is 5.65. The van der Waals surface area contributed by atoms with Crippen LogP contribution in [-0.2, 0) is 19.9 Å². The maximum absolute atomic E-state index is 11.9. The van der Waals surface area contributed by atoms with Gasteiger partial charge in [-0.2, -0.15) is 0 Å². The van der Waals surface area contributed by atoms with Crippen molar-refractivity contribution in [2.45, 2.75) is 26.4 Å². The molecule has 0 aliphatic heterocycles. The largest absolute Gasteiger partial charge is 0.508 e. The quantitative estimate of drug-likeness (QED) is 0.799. The molecule has 0 aliphatic rings. The smallest absolute Gasteiger partial charge is 0.342 e. The highest BCUT2D eigenvalue weighted by Gasteiger charge is 2.37. The molecule has 1 aromatic carbocycles. The van der Waals surface area contributed by atoms with Crippen LogP contribution in [0.5, 0.6) is 5.75 Å². The van der Waals surface area contributed by atoms with Gasteiger partial charge in [0.25, 0.3) is 0 Å². The minimum Gasteiger partial charge on any atom is -0.508 e. The molecular formula is C13H18O4. The van der Waals surface area contributed by atoms with E-state index in [0.717, 1.165) is 0 Å². The van der Waals surface area contributed by atoms with Crippen molar-refractivity contribution in [2.75, 3.05) is 13.2 Å². The minimum absolute atomic E-state index is 0.149. The molecule has 1 atom stereocenters. The van der Waals surface area contributed by atoms with Crippen molar-refractivity contribution in [1.29, 1.82) is 0 Å². The van der Waals surface area contributed by atoms with E-state index in [-0.39, 0.29) is 5.75 Å². The van der Waals surface area contributed by atoms with Gasteiger partial charge in [0.2, 0.25) is 0 Å². The first kappa shape index (κ1) is 13.5. The molecule has 4 heteroatoms. The number of esters is 1. The molecule has 94 valence electrons. The number of phenolic OH excluding ortho intramolecular Hbond substituents is 1. The van der Waals surface area contributed by atoms with Gasteiger partial charge in [-0.15, -0.1) is 0 Å². The van der Waals surface area contributed by atoms with Crippen molar-refractivity contribution in [3.63, 3.8) is 0 Å². The van der Waals surface area contributed by atoms with Crippen molar-refractivity contribution in [1.82, 2.24) is 0 Å². The Hall–Kier alpha value is -1.55. The number of hydrogen-bond donors (Lipinski definition) is 1. The summed E-state index contributed by atoms with van der Waals surface area (Å²) in [5, 5.41) is 9.24. The van der Waals surface area contributed by atoms with Gasteiger partial charge >= 0.3 is 5.97 Å². The van der Waals surface area contributed by atoms with Crippen LogP contribution in [0.1, 0.15) is 26.3 Å². The summed E-state index contributed by atoms with van der Waals surface area (Å²) in [5.74, 6) is -0.274. The molecule has 0 bridgehead atoms. The van der Waals surface area contributed by atoms with Gasteiger partial charge in [-0.05, 0) is 38.5 Å². The van der Waals surface area contributed by atoms with Crippen molar-refractivity contribution in [3.05, 3.63) is 29.8 Å². The predicted molar refractivity (Wildman–Crippen MR) is 63.7 cm³/mol. The van der Waals surface area contributed by atoms with Crippen LogP contribution < -0.4 is 0 Å². The molecule has 1 N–H and O–H groups in total. The summed E-state index contributed by atoms with van der Waals surface area (Å²) in [4.78, 5) is 11.9. The molecular weight excluding hydrogens is 220 g/mol. The lowest BCUT2D eigenvalue weighted by Crippen LogP contribution is -2.37. The monoisotopic (exact) mass is 238 g/mol. The van der Waals surface area contributed by atoms with E-state index in [9.17, 15) is 9.90 Å². The van der Waals surface area contributed by atoms with E-state index in [0.29, 0.717) is 18.8 Å². The SMILES string of the molecule is CCOC(=O)[C@@](C)(OCC)c1ccc(O)cc1. The second kappa shape index (κ2) is 5.68. The van der Waals surface area contributed by atoms with Gasteiger partial charge in [-0.3, -0.25) is 0 Å². The Morgan fingerprint density at radius 1 is 1.24 bits per heavy atom. The van der Waals surface area contributed by atoms with Crippen LogP contribution in [-0.4, -0.2) is 24.3 Å². The summed E-state index contributed by atoms with van der Waals surface area (Å²) in [6, 6.07) is 6.35. The number of carbonyl (C=O) groups is 1. The zero-order chi connectivity index (χ0) is 12.9. The molecule has 4 nitrogen and oxygen atoms in total. The number of rotatable bonds is 5. The normalized spacial score (nSPS) is 14.1. The zero-order valence-electron chi connectivity index (χ0n) is 10.4. The van der Waals surface area contributed by atoms with Gasteiger partial charge in [0.1, 0.15) is 5.75 Å². The van der Waals surface area contributed by atoms with Crippen molar-refractivity contribution in [3.8, 4) is 5.75 Å². The molecule has 0 aromatic heterocycles. The third-order valence-corrected chi connectivity index (χ3v) is 2.52. The number of carbonyl (C=O) groups excluding carboxylic acids is 1. The third-order valence-electron chi connectivity index (χ3n) is 2.52. The van der Waals surface area contributed by atoms with Crippen LogP contribution in [0.25, 0.3) is 0 Å². The maximum atomic E-state index is 11.9. The van der Waals surface area contributed by atoms with Crippen molar-refractivity contribution < 1.29 is 19.4 Å². The van der Waals surface area contributed by atoms with Crippen LogP contribution in [0.15, 0.2) is 24.3 Å². The maximum Gasteiger partial charge on any atom is 0.342 e. The van der Waals surface area contributed by atoms with Gasteiger partial charge in [-0.1, -0.05) is 12.1 Å². The Morgan fingerprint density at radius 3 is 2.29 bits per heavy atom.